The average Bonchev–Trinajstić information content (AvgIpc) is 3.20. The third kappa shape index (κ3) is 3.90. The van der Waals surface area contributed by atoms with Gasteiger partial charge in [0.15, 0.2) is 0 Å². The predicted molar refractivity (Wildman–Crippen MR) is 131 cm³/mol. The number of carbonyl (C=O) groups is 1. The second-order valence-corrected chi connectivity index (χ2v) is 14.2. The summed E-state index contributed by atoms with van der Waals surface area (Å²) in [7, 11) is -4.15. The van der Waals surface area contributed by atoms with Gasteiger partial charge < -0.3 is 25.9 Å². The molecule has 2 heterocycles. The SMILES string of the molecule is CCN([C@H]1C[C@@H]1N)S(=O)(=O)N1C[C@H](CCCB2O[C@H]3C[C@H]4C[C@H](C4(C)C)[C@@]3(C)O2)[C@](N)(C(=O)O)C1. The molecule has 198 valence electrons. The fourth-order valence-electron chi connectivity index (χ4n) is 7.52. The fourth-order valence-corrected chi connectivity index (χ4v) is 9.47. The third-order valence-electron chi connectivity index (χ3n) is 10.1. The fraction of sp³-hybridized carbons (Fsp3) is 0.957. The van der Waals surface area contributed by atoms with E-state index in [-0.39, 0.29) is 49.4 Å². The maximum Gasteiger partial charge on any atom is 0.457 e. The van der Waals surface area contributed by atoms with E-state index in [4.69, 9.17) is 20.8 Å². The smallest absolute Gasteiger partial charge is 0.457 e. The van der Waals surface area contributed by atoms with E-state index < -0.39 is 27.6 Å². The first kappa shape index (κ1) is 25.9. The first-order valence-electron chi connectivity index (χ1n) is 13.1. The lowest BCUT2D eigenvalue weighted by molar-refractivity contribution is -0.199. The Morgan fingerprint density at radius 3 is 2.51 bits per heavy atom. The molecule has 0 radical (unpaired) electrons. The normalized spacial score (nSPS) is 44.4. The second kappa shape index (κ2) is 8.37. The first-order chi connectivity index (χ1) is 16.2. The number of hydrogen-bond acceptors (Lipinski definition) is 7. The van der Waals surface area contributed by atoms with Crippen molar-refractivity contribution in [2.45, 2.75) is 95.4 Å². The lowest BCUT2D eigenvalue weighted by Crippen LogP contribution is -2.65. The van der Waals surface area contributed by atoms with Crippen molar-refractivity contribution in [3.63, 3.8) is 0 Å². The van der Waals surface area contributed by atoms with Crippen molar-refractivity contribution in [1.29, 1.82) is 0 Å². The number of hydrogen-bond donors (Lipinski definition) is 3. The van der Waals surface area contributed by atoms with Gasteiger partial charge in [0.2, 0.25) is 0 Å². The molecule has 6 rings (SSSR count). The summed E-state index contributed by atoms with van der Waals surface area (Å²) in [4.78, 5) is 12.1. The van der Waals surface area contributed by atoms with Crippen LogP contribution in [0.3, 0.4) is 0 Å². The van der Waals surface area contributed by atoms with E-state index in [0.717, 1.165) is 6.42 Å². The van der Waals surface area contributed by atoms with Crippen molar-refractivity contribution in [2.75, 3.05) is 19.6 Å². The predicted octanol–water partition coefficient (Wildman–Crippen LogP) is 0.875. The Balaban J connectivity index is 1.21. The molecule has 0 aromatic carbocycles. The van der Waals surface area contributed by atoms with Crippen LogP contribution in [0.25, 0.3) is 0 Å². The van der Waals surface area contributed by atoms with Gasteiger partial charge in [-0.2, -0.15) is 17.0 Å². The molecule has 35 heavy (non-hydrogen) atoms. The van der Waals surface area contributed by atoms with E-state index in [1.165, 1.54) is 15.0 Å². The highest BCUT2D eigenvalue weighted by atomic mass is 32.2. The molecule has 5 N–H and O–H groups in total. The van der Waals surface area contributed by atoms with Crippen molar-refractivity contribution < 1.29 is 27.6 Å². The van der Waals surface area contributed by atoms with Crippen molar-refractivity contribution in [1.82, 2.24) is 8.61 Å². The molecule has 6 fully saturated rings. The largest absolute Gasteiger partial charge is 0.480 e. The van der Waals surface area contributed by atoms with Crippen LogP contribution in [0.15, 0.2) is 0 Å². The minimum absolute atomic E-state index is 0.0915. The van der Waals surface area contributed by atoms with Gasteiger partial charge in [0, 0.05) is 37.6 Å². The van der Waals surface area contributed by atoms with E-state index in [2.05, 4.69) is 20.8 Å². The van der Waals surface area contributed by atoms with E-state index in [9.17, 15) is 18.3 Å². The number of nitrogens with two attached hydrogens (primary N) is 2. The maximum atomic E-state index is 13.3. The third-order valence-corrected chi connectivity index (χ3v) is 12.1. The van der Waals surface area contributed by atoms with Crippen LogP contribution in [0.2, 0.25) is 6.32 Å². The number of rotatable bonds is 9. The lowest BCUT2D eigenvalue weighted by Gasteiger charge is -2.64. The van der Waals surface area contributed by atoms with Gasteiger partial charge in [0.1, 0.15) is 5.54 Å². The molecule has 0 spiro atoms. The van der Waals surface area contributed by atoms with Gasteiger partial charge in [-0.15, -0.1) is 0 Å². The summed E-state index contributed by atoms with van der Waals surface area (Å²) in [6, 6.07) is -0.391. The zero-order chi connectivity index (χ0) is 25.6. The Bertz CT molecular complexity index is 983. The van der Waals surface area contributed by atoms with Gasteiger partial charge in [-0.05, 0) is 56.2 Å². The molecule has 6 aliphatic rings. The molecule has 0 aromatic rings. The van der Waals surface area contributed by atoms with Crippen LogP contribution >= 0.6 is 0 Å². The lowest BCUT2D eigenvalue weighted by atomic mass is 9.43. The molecule has 12 heteroatoms. The van der Waals surface area contributed by atoms with E-state index in [0.29, 0.717) is 44.0 Å². The van der Waals surface area contributed by atoms with E-state index in [1.807, 2.05) is 0 Å². The molecule has 2 aliphatic heterocycles. The maximum absolute atomic E-state index is 13.3. The molecule has 0 amide bonds. The summed E-state index contributed by atoms with van der Waals surface area (Å²) in [6.07, 6.45) is 4.73. The first-order valence-corrected chi connectivity index (χ1v) is 14.5. The number of carboxylic acids is 1. The minimum atomic E-state index is -3.84. The highest BCUT2D eigenvalue weighted by Crippen LogP contribution is 2.65. The van der Waals surface area contributed by atoms with Crippen molar-refractivity contribution in [3.8, 4) is 0 Å². The van der Waals surface area contributed by atoms with Gasteiger partial charge in [-0.1, -0.05) is 27.2 Å². The number of likely N-dealkylation sites (N-methyl/N-ethyl adjacent to an activating group) is 1. The highest BCUT2D eigenvalue weighted by Gasteiger charge is 2.67. The number of carboxylic acid groups (broad SMARTS) is 1. The van der Waals surface area contributed by atoms with Crippen LogP contribution in [0, 0.1) is 23.2 Å². The molecule has 2 saturated heterocycles. The molecule has 0 aromatic heterocycles. The van der Waals surface area contributed by atoms with Crippen molar-refractivity contribution >= 4 is 23.3 Å². The number of aliphatic carboxylic acids is 1. The van der Waals surface area contributed by atoms with E-state index >= 15 is 0 Å². The van der Waals surface area contributed by atoms with Crippen LogP contribution in [0.4, 0.5) is 0 Å². The molecule has 10 nitrogen and oxygen atoms in total. The summed E-state index contributed by atoms with van der Waals surface area (Å²) in [5.41, 5.74) is 10.6. The zero-order valence-corrected chi connectivity index (χ0v) is 22.2. The average molecular weight is 512 g/mol. The summed E-state index contributed by atoms with van der Waals surface area (Å²) in [6.45, 7) is 8.76. The summed E-state index contributed by atoms with van der Waals surface area (Å²) in [5, 5.41) is 9.92. The summed E-state index contributed by atoms with van der Waals surface area (Å²) < 4.78 is 42.0. The molecule has 4 aliphatic carbocycles. The van der Waals surface area contributed by atoms with Crippen LogP contribution < -0.4 is 11.5 Å². The summed E-state index contributed by atoms with van der Waals surface area (Å²) >= 11 is 0. The Labute approximate surface area is 209 Å². The van der Waals surface area contributed by atoms with Crippen LogP contribution in [-0.4, -0.2) is 84.2 Å². The Morgan fingerprint density at radius 2 is 1.94 bits per heavy atom. The monoisotopic (exact) mass is 512 g/mol. The van der Waals surface area contributed by atoms with E-state index in [1.54, 1.807) is 6.92 Å². The Kier molecular flexibility index (Phi) is 6.19. The summed E-state index contributed by atoms with van der Waals surface area (Å²) in [5.74, 6) is -0.490. The molecule has 4 saturated carbocycles. The topological polar surface area (TPSA) is 148 Å². The van der Waals surface area contributed by atoms with Gasteiger partial charge in [-0.25, -0.2) is 0 Å². The highest BCUT2D eigenvalue weighted by molar-refractivity contribution is 7.86. The van der Waals surface area contributed by atoms with Gasteiger partial charge >= 0.3 is 13.1 Å². The van der Waals surface area contributed by atoms with Gasteiger partial charge in [0.05, 0.1) is 11.7 Å². The van der Waals surface area contributed by atoms with Gasteiger partial charge in [-0.3, -0.25) is 4.79 Å². The Hall–Kier alpha value is -0.755. The van der Waals surface area contributed by atoms with Crippen LogP contribution in [0.5, 0.6) is 0 Å². The van der Waals surface area contributed by atoms with Crippen molar-refractivity contribution in [3.05, 3.63) is 0 Å². The molecule has 8 atom stereocenters. The molecule has 2 bridgehead atoms. The van der Waals surface area contributed by atoms with Crippen molar-refractivity contribution in [2.24, 2.45) is 34.6 Å². The van der Waals surface area contributed by atoms with Gasteiger partial charge in [0.25, 0.3) is 10.2 Å². The Morgan fingerprint density at radius 1 is 1.26 bits per heavy atom. The minimum Gasteiger partial charge on any atom is -0.480 e. The van der Waals surface area contributed by atoms with Crippen LogP contribution in [-0.2, 0) is 24.3 Å². The molecule has 0 unspecified atom stereocenters. The quantitative estimate of drug-likeness (QED) is 0.386. The standard InChI is InChI=1S/C23H41BN4O6S/c1-5-28(17-11-16(17)25)35(31,32)27-12-14(23(26,13-27)20(29)30)7-6-8-24-33-19-10-15-9-18(21(15,2)3)22(19,4)34-24/h14-19H,5-13,25-26H2,1-4H3,(H,29,30)/t14-,15+,16-,17-,18+,19-,22+,23-/m0/s1. The second-order valence-electron chi connectivity index (χ2n) is 12.3. The molecular weight excluding hydrogens is 471 g/mol. The van der Waals surface area contributed by atoms with Crippen LogP contribution in [0.1, 0.15) is 59.8 Å². The number of nitrogens with zero attached hydrogens (tertiary/aromatic N) is 2. The molecular formula is C23H41BN4O6S. The zero-order valence-electron chi connectivity index (χ0n) is 21.4.